The van der Waals surface area contributed by atoms with Crippen molar-refractivity contribution >= 4 is 5.91 Å². The second-order valence-corrected chi connectivity index (χ2v) is 4.99. The monoisotopic (exact) mass is 286 g/mol. The van der Waals surface area contributed by atoms with Gasteiger partial charge in [0.15, 0.2) is 0 Å². The van der Waals surface area contributed by atoms with E-state index in [9.17, 15) is 18.0 Å². The summed E-state index contributed by atoms with van der Waals surface area (Å²) in [6.45, 7) is 2.47. The Balaban J connectivity index is 2.33. The summed E-state index contributed by atoms with van der Waals surface area (Å²) < 4.78 is 42.0. The molecule has 2 rings (SSSR count). The van der Waals surface area contributed by atoms with Gasteiger partial charge >= 0.3 is 6.05 Å². The van der Waals surface area contributed by atoms with Gasteiger partial charge in [-0.05, 0) is 43.5 Å². The van der Waals surface area contributed by atoms with E-state index in [-0.39, 0.29) is 5.92 Å². The lowest BCUT2D eigenvalue weighted by Gasteiger charge is -2.25. The van der Waals surface area contributed by atoms with E-state index >= 15 is 0 Å². The molecule has 0 aliphatic carbocycles. The number of piperidine rings is 1. The predicted molar refractivity (Wildman–Crippen MR) is 69.0 cm³/mol. The molecule has 1 aromatic carbocycles. The van der Waals surface area contributed by atoms with Crippen LogP contribution >= 0.6 is 0 Å². The van der Waals surface area contributed by atoms with Crippen LogP contribution in [-0.4, -0.2) is 19.0 Å². The molecule has 1 saturated heterocycles. The van der Waals surface area contributed by atoms with Crippen LogP contribution in [0.5, 0.6) is 0 Å². The van der Waals surface area contributed by atoms with Gasteiger partial charge in [0.2, 0.25) is 5.91 Å². The number of benzene rings is 1. The SMILES string of the molecule is CC(=O)NC(F)(F)c1cccc(C2CCNCC2)c1F. The van der Waals surface area contributed by atoms with Crippen molar-refractivity contribution in [3.8, 4) is 0 Å². The fraction of sp³-hybridized carbons (Fsp3) is 0.500. The largest absolute Gasteiger partial charge is 0.355 e. The fourth-order valence-electron chi connectivity index (χ4n) is 2.53. The minimum Gasteiger partial charge on any atom is -0.317 e. The van der Waals surface area contributed by atoms with E-state index < -0.39 is 23.3 Å². The summed E-state index contributed by atoms with van der Waals surface area (Å²) in [4.78, 5) is 10.8. The highest BCUT2D eigenvalue weighted by molar-refractivity contribution is 5.73. The number of carbonyl (C=O) groups is 1. The standard InChI is InChI=1S/C14H17F3N2O/c1-9(20)19-14(16,17)12-4-2-3-11(13(12)15)10-5-7-18-8-6-10/h2-4,10,18H,5-8H2,1H3,(H,19,20). The third kappa shape index (κ3) is 3.12. The Labute approximate surface area is 115 Å². The normalized spacial score (nSPS) is 17.0. The van der Waals surface area contributed by atoms with Crippen LogP contribution in [0.1, 0.15) is 36.8 Å². The molecule has 1 aliphatic rings. The maximum absolute atomic E-state index is 14.4. The molecule has 0 unspecified atom stereocenters. The lowest BCUT2D eigenvalue weighted by Crippen LogP contribution is -2.38. The van der Waals surface area contributed by atoms with Gasteiger partial charge in [0.1, 0.15) is 5.82 Å². The molecule has 3 nitrogen and oxygen atoms in total. The van der Waals surface area contributed by atoms with Crippen LogP contribution in [-0.2, 0) is 10.8 Å². The lowest BCUT2D eigenvalue weighted by atomic mass is 9.88. The number of hydrogen-bond acceptors (Lipinski definition) is 2. The maximum atomic E-state index is 14.4. The van der Waals surface area contributed by atoms with E-state index in [2.05, 4.69) is 5.32 Å². The molecule has 1 amide bonds. The molecular formula is C14H17F3N2O. The van der Waals surface area contributed by atoms with Gasteiger partial charge in [-0.2, -0.15) is 8.78 Å². The second kappa shape index (κ2) is 5.83. The van der Waals surface area contributed by atoms with Crippen molar-refractivity contribution < 1.29 is 18.0 Å². The summed E-state index contributed by atoms with van der Waals surface area (Å²) in [6.07, 6.45) is 1.43. The number of halogens is 3. The topological polar surface area (TPSA) is 41.1 Å². The first kappa shape index (κ1) is 14.8. The van der Waals surface area contributed by atoms with Crippen molar-refractivity contribution in [3.05, 3.63) is 35.1 Å². The van der Waals surface area contributed by atoms with Crippen molar-refractivity contribution in [3.63, 3.8) is 0 Å². The molecule has 0 spiro atoms. The highest BCUT2D eigenvalue weighted by atomic mass is 19.3. The van der Waals surface area contributed by atoms with Gasteiger partial charge in [-0.3, -0.25) is 10.1 Å². The van der Waals surface area contributed by atoms with Crippen molar-refractivity contribution in [2.45, 2.75) is 31.7 Å². The van der Waals surface area contributed by atoms with Gasteiger partial charge < -0.3 is 5.32 Å². The minimum absolute atomic E-state index is 0.0654. The van der Waals surface area contributed by atoms with Gasteiger partial charge in [0.25, 0.3) is 0 Å². The predicted octanol–water partition coefficient (Wildman–Crippen LogP) is 2.48. The van der Waals surface area contributed by atoms with Crippen LogP contribution in [0, 0.1) is 5.82 Å². The molecular weight excluding hydrogens is 269 g/mol. The molecule has 1 fully saturated rings. The van der Waals surface area contributed by atoms with Crippen molar-refractivity contribution in [1.82, 2.24) is 10.6 Å². The van der Waals surface area contributed by atoms with E-state index in [1.165, 1.54) is 11.4 Å². The lowest BCUT2D eigenvalue weighted by molar-refractivity contribution is -0.131. The Hall–Kier alpha value is -1.56. The molecule has 1 heterocycles. The molecule has 2 N–H and O–H groups in total. The Morgan fingerprint density at radius 1 is 1.35 bits per heavy atom. The zero-order valence-electron chi connectivity index (χ0n) is 11.2. The molecule has 1 aliphatic heterocycles. The number of nitrogens with one attached hydrogen (secondary N) is 2. The third-order valence-corrected chi connectivity index (χ3v) is 3.48. The molecule has 0 radical (unpaired) electrons. The van der Waals surface area contributed by atoms with E-state index in [1.54, 1.807) is 6.07 Å². The average molecular weight is 286 g/mol. The van der Waals surface area contributed by atoms with E-state index in [0.717, 1.165) is 26.1 Å². The first-order valence-electron chi connectivity index (χ1n) is 6.58. The molecule has 20 heavy (non-hydrogen) atoms. The summed E-state index contributed by atoms with van der Waals surface area (Å²) in [6, 6.07) is 0.263. The van der Waals surface area contributed by atoms with Crippen LogP contribution in [0.15, 0.2) is 18.2 Å². The summed E-state index contributed by atoms with van der Waals surface area (Å²) in [5, 5.41) is 4.63. The number of rotatable bonds is 3. The zero-order chi connectivity index (χ0) is 14.8. The number of hydrogen-bond donors (Lipinski definition) is 2. The van der Waals surface area contributed by atoms with Gasteiger partial charge in [-0.25, -0.2) is 4.39 Å². The second-order valence-electron chi connectivity index (χ2n) is 4.99. The molecule has 110 valence electrons. The Bertz CT molecular complexity index is 499. The smallest absolute Gasteiger partial charge is 0.317 e. The third-order valence-electron chi connectivity index (χ3n) is 3.48. The van der Waals surface area contributed by atoms with Gasteiger partial charge in [-0.1, -0.05) is 12.1 Å². The summed E-state index contributed by atoms with van der Waals surface area (Å²) in [5.41, 5.74) is -0.474. The molecule has 6 heteroatoms. The molecule has 0 bridgehead atoms. The van der Waals surface area contributed by atoms with Crippen LogP contribution in [0.3, 0.4) is 0 Å². The van der Waals surface area contributed by atoms with E-state index in [4.69, 9.17) is 0 Å². The summed E-state index contributed by atoms with van der Waals surface area (Å²) in [5.74, 6) is -1.89. The average Bonchev–Trinajstić information content (AvgIpc) is 2.38. The molecule has 0 atom stereocenters. The van der Waals surface area contributed by atoms with Crippen LogP contribution in [0.25, 0.3) is 0 Å². The Morgan fingerprint density at radius 2 is 2.00 bits per heavy atom. The fourth-order valence-corrected chi connectivity index (χ4v) is 2.53. The molecule has 0 saturated carbocycles. The highest BCUT2D eigenvalue weighted by Crippen LogP contribution is 2.34. The maximum Gasteiger partial charge on any atom is 0.355 e. The van der Waals surface area contributed by atoms with Crippen LogP contribution < -0.4 is 10.6 Å². The Morgan fingerprint density at radius 3 is 2.60 bits per heavy atom. The minimum atomic E-state index is -3.70. The molecule has 1 aromatic rings. The zero-order valence-corrected chi connectivity index (χ0v) is 11.2. The van der Waals surface area contributed by atoms with Gasteiger partial charge in [-0.15, -0.1) is 0 Å². The Kier molecular flexibility index (Phi) is 4.32. The van der Waals surface area contributed by atoms with E-state index in [1.807, 2.05) is 0 Å². The first-order chi connectivity index (χ1) is 9.42. The van der Waals surface area contributed by atoms with Crippen molar-refractivity contribution in [2.24, 2.45) is 0 Å². The number of carbonyl (C=O) groups excluding carboxylic acids is 1. The van der Waals surface area contributed by atoms with Crippen LogP contribution in [0.2, 0.25) is 0 Å². The van der Waals surface area contributed by atoms with Crippen molar-refractivity contribution in [2.75, 3.05) is 13.1 Å². The molecule has 0 aromatic heterocycles. The highest BCUT2D eigenvalue weighted by Gasteiger charge is 2.37. The van der Waals surface area contributed by atoms with Gasteiger partial charge in [0.05, 0.1) is 5.56 Å². The first-order valence-corrected chi connectivity index (χ1v) is 6.58. The van der Waals surface area contributed by atoms with Gasteiger partial charge in [0, 0.05) is 6.92 Å². The van der Waals surface area contributed by atoms with Crippen molar-refractivity contribution in [1.29, 1.82) is 0 Å². The summed E-state index contributed by atoms with van der Waals surface area (Å²) >= 11 is 0. The number of alkyl halides is 2. The quantitative estimate of drug-likeness (QED) is 0.838. The van der Waals surface area contributed by atoms with E-state index in [0.29, 0.717) is 18.4 Å². The van der Waals surface area contributed by atoms with Crippen LogP contribution in [0.4, 0.5) is 13.2 Å². The summed E-state index contributed by atoms with van der Waals surface area (Å²) in [7, 11) is 0. The number of amides is 1.